The number of rotatable bonds is 7. The van der Waals surface area contributed by atoms with Gasteiger partial charge in [0.2, 0.25) is 5.91 Å². The second-order valence-electron chi connectivity index (χ2n) is 6.46. The summed E-state index contributed by atoms with van der Waals surface area (Å²) in [6, 6.07) is 11.2. The SMILES string of the molecule is Cc1ccnn1-c1ccc(C(=O)OCC(=O)NCC(=O)Nc2ccc(F)c(F)c2)cc1. The third kappa shape index (κ3) is 5.72. The van der Waals surface area contributed by atoms with Crippen molar-refractivity contribution in [2.45, 2.75) is 6.92 Å². The zero-order valence-corrected chi connectivity index (χ0v) is 16.4. The number of nitrogens with one attached hydrogen (secondary N) is 2. The van der Waals surface area contributed by atoms with Gasteiger partial charge < -0.3 is 15.4 Å². The lowest BCUT2D eigenvalue weighted by atomic mass is 10.2. The molecule has 1 heterocycles. The van der Waals surface area contributed by atoms with E-state index in [4.69, 9.17) is 4.74 Å². The summed E-state index contributed by atoms with van der Waals surface area (Å²) in [5, 5.41) is 8.73. The van der Waals surface area contributed by atoms with Crippen LogP contribution in [0.15, 0.2) is 54.7 Å². The van der Waals surface area contributed by atoms with E-state index < -0.39 is 42.6 Å². The molecule has 0 saturated carbocycles. The summed E-state index contributed by atoms with van der Waals surface area (Å²) in [4.78, 5) is 35.6. The van der Waals surface area contributed by atoms with Crippen LogP contribution in [0.5, 0.6) is 0 Å². The highest BCUT2D eigenvalue weighted by Crippen LogP contribution is 2.13. The minimum Gasteiger partial charge on any atom is -0.452 e. The first-order valence-corrected chi connectivity index (χ1v) is 9.13. The van der Waals surface area contributed by atoms with Gasteiger partial charge in [0.15, 0.2) is 18.2 Å². The molecule has 0 aliphatic rings. The number of anilines is 1. The van der Waals surface area contributed by atoms with Crippen molar-refractivity contribution in [3.63, 3.8) is 0 Å². The van der Waals surface area contributed by atoms with E-state index in [0.717, 1.165) is 23.5 Å². The van der Waals surface area contributed by atoms with E-state index in [-0.39, 0.29) is 11.3 Å². The first-order chi connectivity index (χ1) is 14.8. The van der Waals surface area contributed by atoms with Gasteiger partial charge in [-0.1, -0.05) is 0 Å². The smallest absolute Gasteiger partial charge is 0.338 e. The number of hydrogen-bond acceptors (Lipinski definition) is 5. The summed E-state index contributed by atoms with van der Waals surface area (Å²) < 4.78 is 32.6. The van der Waals surface area contributed by atoms with E-state index in [1.54, 1.807) is 35.1 Å². The zero-order valence-electron chi connectivity index (χ0n) is 16.4. The molecule has 8 nitrogen and oxygen atoms in total. The van der Waals surface area contributed by atoms with Crippen LogP contribution >= 0.6 is 0 Å². The van der Waals surface area contributed by atoms with Crippen molar-refractivity contribution in [3.8, 4) is 5.69 Å². The highest BCUT2D eigenvalue weighted by atomic mass is 19.2. The Hall–Kier alpha value is -4.08. The van der Waals surface area contributed by atoms with Crippen molar-refractivity contribution in [2.75, 3.05) is 18.5 Å². The molecule has 0 aliphatic carbocycles. The molecule has 2 N–H and O–H groups in total. The molecule has 0 fully saturated rings. The number of ether oxygens (including phenoxy) is 1. The second kappa shape index (κ2) is 9.61. The maximum absolute atomic E-state index is 13.1. The van der Waals surface area contributed by atoms with Crippen molar-refractivity contribution in [1.82, 2.24) is 15.1 Å². The molecule has 160 valence electrons. The Balaban J connectivity index is 1.43. The summed E-state index contributed by atoms with van der Waals surface area (Å²) in [5.74, 6) is -4.21. The third-order valence-corrected chi connectivity index (χ3v) is 4.16. The fourth-order valence-corrected chi connectivity index (χ4v) is 2.60. The number of aromatic nitrogens is 2. The molecule has 0 radical (unpaired) electrons. The van der Waals surface area contributed by atoms with Crippen molar-refractivity contribution < 1.29 is 27.9 Å². The van der Waals surface area contributed by atoms with E-state index >= 15 is 0 Å². The minimum atomic E-state index is -1.11. The Morgan fingerprint density at radius 1 is 1.00 bits per heavy atom. The van der Waals surface area contributed by atoms with Crippen LogP contribution in [0, 0.1) is 18.6 Å². The summed E-state index contributed by atoms with van der Waals surface area (Å²) in [5.41, 5.74) is 1.99. The number of hydrogen-bond donors (Lipinski definition) is 2. The Kier molecular flexibility index (Phi) is 6.71. The molecule has 3 rings (SSSR count). The lowest BCUT2D eigenvalue weighted by Gasteiger charge is -2.09. The number of amides is 2. The predicted molar refractivity (Wildman–Crippen MR) is 107 cm³/mol. The number of aryl methyl sites for hydroxylation is 1. The van der Waals surface area contributed by atoms with Crippen LogP contribution in [0.1, 0.15) is 16.1 Å². The number of esters is 1. The number of carbonyl (C=O) groups is 3. The Morgan fingerprint density at radius 2 is 1.74 bits per heavy atom. The highest BCUT2D eigenvalue weighted by molar-refractivity contribution is 5.95. The molecule has 0 spiro atoms. The van der Waals surface area contributed by atoms with Gasteiger partial charge in [-0.2, -0.15) is 5.10 Å². The molecular weight excluding hydrogens is 410 g/mol. The van der Waals surface area contributed by atoms with E-state index in [1.807, 2.05) is 13.0 Å². The summed E-state index contributed by atoms with van der Waals surface area (Å²) in [6.45, 7) is 0.872. The Morgan fingerprint density at radius 3 is 2.39 bits per heavy atom. The first kappa shape index (κ1) is 21.6. The Labute approximate surface area is 175 Å². The first-order valence-electron chi connectivity index (χ1n) is 9.13. The quantitative estimate of drug-likeness (QED) is 0.563. The summed E-state index contributed by atoms with van der Waals surface area (Å²) in [6.07, 6.45) is 1.66. The maximum Gasteiger partial charge on any atom is 0.338 e. The predicted octanol–water partition coefficient (Wildman–Crippen LogP) is 2.37. The van der Waals surface area contributed by atoms with Crippen LogP contribution in [-0.4, -0.2) is 40.7 Å². The monoisotopic (exact) mass is 428 g/mol. The number of carbonyl (C=O) groups excluding carboxylic acids is 3. The molecule has 2 aromatic carbocycles. The van der Waals surface area contributed by atoms with E-state index in [0.29, 0.717) is 0 Å². The molecule has 0 saturated heterocycles. The minimum absolute atomic E-state index is 0.0401. The van der Waals surface area contributed by atoms with Crippen LogP contribution in [0.2, 0.25) is 0 Å². The lowest BCUT2D eigenvalue weighted by molar-refractivity contribution is -0.126. The van der Waals surface area contributed by atoms with Gasteiger partial charge in [0.05, 0.1) is 17.8 Å². The van der Waals surface area contributed by atoms with Gasteiger partial charge in [0.1, 0.15) is 0 Å². The summed E-state index contributed by atoms with van der Waals surface area (Å²) in [7, 11) is 0. The van der Waals surface area contributed by atoms with E-state index in [9.17, 15) is 23.2 Å². The molecular formula is C21H18F2N4O4. The second-order valence-corrected chi connectivity index (χ2v) is 6.46. The molecule has 10 heteroatoms. The maximum atomic E-state index is 13.1. The molecule has 0 bridgehead atoms. The summed E-state index contributed by atoms with van der Waals surface area (Å²) >= 11 is 0. The standard InChI is InChI=1S/C21H18F2N4O4/c1-13-8-9-25-27(13)16-5-2-14(3-6-16)21(30)31-12-20(29)24-11-19(28)26-15-4-7-17(22)18(23)10-15/h2-10H,11-12H2,1H3,(H,24,29)(H,26,28). The largest absolute Gasteiger partial charge is 0.452 e. The fraction of sp³-hybridized carbons (Fsp3) is 0.143. The van der Waals surface area contributed by atoms with Gasteiger partial charge in [0, 0.05) is 23.6 Å². The molecule has 1 aromatic heterocycles. The van der Waals surface area contributed by atoms with Crippen LogP contribution in [0.4, 0.5) is 14.5 Å². The van der Waals surface area contributed by atoms with Crippen LogP contribution in [-0.2, 0) is 14.3 Å². The van der Waals surface area contributed by atoms with E-state index in [2.05, 4.69) is 15.7 Å². The molecule has 31 heavy (non-hydrogen) atoms. The van der Waals surface area contributed by atoms with Crippen LogP contribution < -0.4 is 10.6 Å². The van der Waals surface area contributed by atoms with Gasteiger partial charge in [-0.25, -0.2) is 18.3 Å². The number of benzene rings is 2. The molecule has 0 unspecified atom stereocenters. The lowest BCUT2D eigenvalue weighted by Crippen LogP contribution is -2.35. The number of nitrogens with zero attached hydrogens (tertiary/aromatic N) is 2. The van der Waals surface area contributed by atoms with Gasteiger partial charge in [-0.05, 0) is 49.4 Å². The molecule has 3 aromatic rings. The molecule has 0 aliphatic heterocycles. The van der Waals surface area contributed by atoms with E-state index in [1.165, 1.54) is 6.07 Å². The average Bonchev–Trinajstić information content (AvgIpc) is 3.19. The van der Waals surface area contributed by atoms with Gasteiger partial charge in [0.25, 0.3) is 5.91 Å². The van der Waals surface area contributed by atoms with Crippen molar-refractivity contribution in [3.05, 3.63) is 77.6 Å². The van der Waals surface area contributed by atoms with Crippen molar-refractivity contribution in [2.24, 2.45) is 0 Å². The van der Waals surface area contributed by atoms with Gasteiger partial charge in [-0.3, -0.25) is 9.59 Å². The fourth-order valence-electron chi connectivity index (χ4n) is 2.60. The van der Waals surface area contributed by atoms with Gasteiger partial charge >= 0.3 is 5.97 Å². The van der Waals surface area contributed by atoms with Crippen LogP contribution in [0.25, 0.3) is 5.69 Å². The Bertz CT molecular complexity index is 1110. The van der Waals surface area contributed by atoms with Crippen molar-refractivity contribution >= 4 is 23.5 Å². The van der Waals surface area contributed by atoms with Crippen LogP contribution in [0.3, 0.4) is 0 Å². The topological polar surface area (TPSA) is 102 Å². The zero-order chi connectivity index (χ0) is 22.4. The highest BCUT2D eigenvalue weighted by Gasteiger charge is 2.12. The molecule has 0 atom stereocenters. The third-order valence-electron chi connectivity index (χ3n) is 4.16. The molecule has 2 amide bonds. The van der Waals surface area contributed by atoms with Gasteiger partial charge in [-0.15, -0.1) is 0 Å². The number of halogens is 2. The average molecular weight is 428 g/mol. The van der Waals surface area contributed by atoms with Crippen molar-refractivity contribution in [1.29, 1.82) is 0 Å². The normalized spacial score (nSPS) is 10.4.